The van der Waals surface area contributed by atoms with Crippen LogP contribution in [0.4, 0.5) is 4.39 Å². The first-order valence-corrected chi connectivity index (χ1v) is 8.00. The average molecular weight is 311 g/mol. The molecule has 1 aromatic carbocycles. The maximum Gasteiger partial charge on any atom is 0.123 e. The SMILES string of the molecule is C[C@@H]1CCCN(C[C@H](O)COCCOc2ccc(F)cc2)C1. The van der Waals surface area contributed by atoms with Gasteiger partial charge in [-0.05, 0) is 49.6 Å². The Hall–Kier alpha value is -1.17. The lowest BCUT2D eigenvalue weighted by Gasteiger charge is -2.32. The highest BCUT2D eigenvalue weighted by Gasteiger charge is 2.18. The molecule has 0 saturated carbocycles. The van der Waals surface area contributed by atoms with Crippen molar-refractivity contribution >= 4 is 0 Å². The van der Waals surface area contributed by atoms with E-state index in [1.54, 1.807) is 12.1 Å². The zero-order chi connectivity index (χ0) is 15.8. The Kier molecular flexibility index (Phi) is 7.09. The van der Waals surface area contributed by atoms with Crippen molar-refractivity contribution in [1.29, 1.82) is 0 Å². The molecule has 0 aromatic heterocycles. The molecular formula is C17H26FNO3. The summed E-state index contributed by atoms with van der Waals surface area (Å²) in [4.78, 5) is 2.30. The molecule has 1 aliphatic heterocycles. The van der Waals surface area contributed by atoms with Crippen LogP contribution in [0.2, 0.25) is 0 Å². The zero-order valence-electron chi connectivity index (χ0n) is 13.2. The number of piperidine rings is 1. The number of benzene rings is 1. The van der Waals surface area contributed by atoms with Crippen LogP contribution < -0.4 is 4.74 Å². The molecular weight excluding hydrogens is 285 g/mol. The molecule has 1 saturated heterocycles. The molecule has 0 amide bonds. The van der Waals surface area contributed by atoms with Crippen molar-refractivity contribution in [1.82, 2.24) is 4.90 Å². The number of aliphatic hydroxyl groups is 1. The highest BCUT2D eigenvalue weighted by atomic mass is 19.1. The lowest BCUT2D eigenvalue weighted by Crippen LogP contribution is -2.40. The Morgan fingerprint density at radius 3 is 2.82 bits per heavy atom. The van der Waals surface area contributed by atoms with E-state index in [-0.39, 0.29) is 5.82 Å². The molecule has 2 atom stereocenters. The molecule has 1 aliphatic rings. The van der Waals surface area contributed by atoms with Crippen LogP contribution in [0.15, 0.2) is 24.3 Å². The number of ether oxygens (including phenoxy) is 2. The molecule has 0 aliphatic carbocycles. The van der Waals surface area contributed by atoms with Gasteiger partial charge in [0.15, 0.2) is 0 Å². The monoisotopic (exact) mass is 311 g/mol. The van der Waals surface area contributed by atoms with Crippen LogP contribution in [0.5, 0.6) is 5.75 Å². The Balaban J connectivity index is 1.53. The first-order valence-electron chi connectivity index (χ1n) is 8.00. The summed E-state index contributed by atoms with van der Waals surface area (Å²) in [5.41, 5.74) is 0. The Bertz CT molecular complexity index is 426. The highest BCUT2D eigenvalue weighted by Crippen LogP contribution is 2.15. The van der Waals surface area contributed by atoms with Gasteiger partial charge in [-0.25, -0.2) is 4.39 Å². The summed E-state index contributed by atoms with van der Waals surface area (Å²) in [5, 5.41) is 9.99. The fourth-order valence-corrected chi connectivity index (χ4v) is 2.77. The van der Waals surface area contributed by atoms with Crippen molar-refractivity contribution in [2.24, 2.45) is 5.92 Å². The van der Waals surface area contributed by atoms with Gasteiger partial charge < -0.3 is 19.5 Å². The number of hydrogen-bond acceptors (Lipinski definition) is 4. The molecule has 124 valence electrons. The molecule has 0 unspecified atom stereocenters. The summed E-state index contributed by atoms with van der Waals surface area (Å²) in [6, 6.07) is 5.89. The second-order valence-corrected chi connectivity index (χ2v) is 6.04. The first-order chi connectivity index (χ1) is 10.6. The van der Waals surface area contributed by atoms with Crippen molar-refractivity contribution in [2.45, 2.75) is 25.9 Å². The smallest absolute Gasteiger partial charge is 0.123 e. The normalized spacial score (nSPS) is 20.8. The van der Waals surface area contributed by atoms with Crippen LogP contribution >= 0.6 is 0 Å². The highest BCUT2D eigenvalue weighted by molar-refractivity contribution is 5.21. The summed E-state index contributed by atoms with van der Waals surface area (Å²) in [5.74, 6) is 1.05. The fraction of sp³-hybridized carbons (Fsp3) is 0.647. The minimum absolute atomic E-state index is 0.279. The number of rotatable bonds is 8. The van der Waals surface area contributed by atoms with Gasteiger partial charge in [-0.3, -0.25) is 0 Å². The topological polar surface area (TPSA) is 41.9 Å². The maximum atomic E-state index is 12.7. The lowest BCUT2D eigenvalue weighted by molar-refractivity contribution is 0.00222. The van der Waals surface area contributed by atoms with Gasteiger partial charge in [0.05, 0.1) is 19.3 Å². The molecule has 0 bridgehead atoms. The van der Waals surface area contributed by atoms with Crippen molar-refractivity contribution in [3.05, 3.63) is 30.1 Å². The van der Waals surface area contributed by atoms with Crippen LogP contribution in [0, 0.1) is 11.7 Å². The third-order valence-corrected chi connectivity index (χ3v) is 3.83. The van der Waals surface area contributed by atoms with Crippen LogP contribution in [0.1, 0.15) is 19.8 Å². The van der Waals surface area contributed by atoms with E-state index in [9.17, 15) is 9.50 Å². The molecule has 1 aromatic rings. The van der Waals surface area contributed by atoms with Gasteiger partial charge in [-0.2, -0.15) is 0 Å². The van der Waals surface area contributed by atoms with E-state index in [2.05, 4.69) is 11.8 Å². The number of halogens is 1. The second kappa shape index (κ2) is 9.08. The van der Waals surface area contributed by atoms with Gasteiger partial charge in [-0.15, -0.1) is 0 Å². The number of hydrogen-bond donors (Lipinski definition) is 1. The third kappa shape index (κ3) is 6.30. The van der Waals surface area contributed by atoms with E-state index in [1.807, 2.05) is 0 Å². The first kappa shape index (κ1) is 17.2. The van der Waals surface area contributed by atoms with E-state index in [4.69, 9.17) is 9.47 Å². The Morgan fingerprint density at radius 2 is 2.09 bits per heavy atom. The van der Waals surface area contributed by atoms with Crippen LogP contribution in [0.3, 0.4) is 0 Å². The van der Waals surface area contributed by atoms with Crippen LogP contribution in [-0.2, 0) is 4.74 Å². The molecule has 1 heterocycles. The Labute approximate surface area is 131 Å². The van der Waals surface area contributed by atoms with Gasteiger partial charge in [0, 0.05) is 13.1 Å². The number of β-amino-alcohol motifs (C(OH)–C–C–N with tert-alkyl or cyclic N) is 1. The van der Waals surface area contributed by atoms with E-state index >= 15 is 0 Å². The summed E-state index contributed by atoms with van der Waals surface area (Å²) in [6.07, 6.45) is 2.03. The molecule has 1 fully saturated rings. The van der Waals surface area contributed by atoms with E-state index in [1.165, 1.54) is 25.0 Å². The molecule has 1 N–H and O–H groups in total. The van der Waals surface area contributed by atoms with Gasteiger partial charge in [-0.1, -0.05) is 6.92 Å². The van der Waals surface area contributed by atoms with Crippen molar-refractivity contribution in [2.75, 3.05) is 39.5 Å². The largest absolute Gasteiger partial charge is 0.491 e. The molecule has 22 heavy (non-hydrogen) atoms. The van der Waals surface area contributed by atoms with E-state index in [0.29, 0.717) is 38.0 Å². The molecule has 2 rings (SSSR count). The summed E-state index contributed by atoms with van der Waals surface area (Å²) < 4.78 is 23.6. The van der Waals surface area contributed by atoms with Crippen molar-refractivity contribution in [3.63, 3.8) is 0 Å². The number of nitrogens with zero attached hydrogens (tertiary/aromatic N) is 1. The molecule has 0 spiro atoms. The van der Waals surface area contributed by atoms with Gasteiger partial charge >= 0.3 is 0 Å². The van der Waals surface area contributed by atoms with Crippen LogP contribution in [-0.4, -0.2) is 55.6 Å². The number of aliphatic hydroxyl groups excluding tert-OH is 1. The van der Waals surface area contributed by atoms with Gasteiger partial charge in [0.2, 0.25) is 0 Å². The van der Waals surface area contributed by atoms with Crippen LogP contribution in [0.25, 0.3) is 0 Å². The summed E-state index contributed by atoms with van der Waals surface area (Å²) in [6.45, 7) is 6.16. The minimum atomic E-state index is -0.462. The summed E-state index contributed by atoms with van der Waals surface area (Å²) >= 11 is 0. The Morgan fingerprint density at radius 1 is 1.32 bits per heavy atom. The molecule has 5 heteroatoms. The average Bonchev–Trinajstić information content (AvgIpc) is 2.49. The van der Waals surface area contributed by atoms with E-state index in [0.717, 1.165) is 13.1 Å². The predicted octanol–water partition coefficient (Wildman–Crippen LogP) is 2.31. The van der Waals surface area contributed by atoms with E-state index < -0.39 is 6.10 Å². The van der Waals surface area contributed by atoms with Gasteiger partial charge in [0.25, 0.3) is 0 Å². The van der Waals surface area contributed by atoms with Crippen molar-refractivity contribution < 1.29 is 19.0 Å². The molecule has 0 radical (unpaired) electrons. The number of likely N-dealkylation sites (tertiary alicyclic amines) is 1. The predicted molar refractivity (Wildman–Crippen MR) is 83.6 cm³/mol. The van der Waals surface area contributed by atoms with Gasteiger partial charge in [0.1, 0.15) is 18.2 Å². The maximum absolute atomic E-state index is 12.7. The fourth-order valence-electron chi connectivity index (χ4n) is 2.77. The standard InChI is InChI=1S/C17H26FNO3/c1-14-3-2-8-19(11-14)12-16(20)13-21-9-10-22-17-6-4-15(18)5-7-17/h4-7,14,16,20H,2-3,8-13H2,1H3/t14-,16+/m1/s1. The van der Waals surface area contributed by atoms with Crippen molar-refractivity contribution in [3.8, 4) is 5.75 Å². The summed E-state index contributed by atoms with van der Waals surface area (Å²) in [7, 11) is 0. The quantitative estimate of drug-likeness (QED) is 0.748. The lowest BCUT2D eigenvalue weighted by atomic mass is 10.0. The minimum Gasteiger partial charge on any atom is -0.491 e. The third-order valence-electron chi connectivity index (χ3n) is 3.83. The molecule has 4 nitrogen and oxygen atoms in total. The zero-order valence-corrected chi connectivity index (χ0v) is 13.2. The second-order valence-electron chi connectivity index (χ2n) is 6.04.